The molecule has 1 amide bonds. The van der Waals surface area contributed by atoms with Gasteiger partial charge in [-0.15, -0.1) is 11.3 Å². The van der Waals surface area contributed by atoms with E-state index in [4.69, 9.17) is 0 Å². The Bertz CT molecular complexity index is 931. The Kier molecular flexibility index (Phi) is 6.05. The van der Waals surface area contributed by atoms with Crippen molar-refractivity contribution in [3.63, 3.8) is 0 Å². The number of carbonyl (C=O) groups is 2. The summed E-state index contributed by atoms with van der Waals surface area (Å²) in [4.78, 5) is 30.0. The third-order valence-electron chi connectivity index (χ3n) is 4.16. The van der Waals surface area contributed by atoms with E-state index in [-0.39, 0.29) is 27.1 Å². The Labute approximate surface area is 167 Å². The number of hydrogen-bond acceptors (Lipinski definition) is 6. The summed E-state index contributed by atoms with van der Waals surface area (Å²) in [7, 11) is 0. The fourth-order valence-electron chi connectivity index (χ4n) is 2.80. The van der Waals surface area contributed by atoms with E-state index in [0.29, 0.717) is 13.1 Å². The second-order valence-electron chi connectivity index (χ2n) is 6.03. The van der Waals surface area contributed by atoms with Gasteiger partial charge in [0.1, 0.15) is 11.1 Å². The first-order chi connectivity index (χ1) is 13.3. The minimum absolute atomic E-state index is 0.114. The van der Waals surface area contributed by atoms with Gasteiger partial charge in [-0.2, -0.15) is 18.4 Å². The predicted octanol–water partition coefficient (Wildman–Crippen LogP) is 3.98. The Morgan fingerprint density at radius 1 is 1.32 bits per heavy atom. The van der Waals surface area contributed by atoms with Crippen LogP contribution >= 0.6 is 23.1 Å². The molecule has 0 bridgehead atoms. The van der Waals surface area contributed by atoms with Gasteiger partial charge in [0.2, 0.25) is 11.7 Å². The van der Waals surface area contributed by atoms with E-state index in [1.807, 2.05) is 0 Å². The standard InChI is InChI=1S/C18H14F3N3O2S2/c19-18(20,21)16-12(15(26)13-4-3-7-27-13)8-11(9-22)17(23-16)28-10-14(25)24-5-1-2-6-24/h3-4,7-8H,1-2,5-6,10H2. The highest BCUT2D eigenvalue weighted by Gasteiger charge is 2.39. The van der Waals surface area contributed by atoms with Gasteiger partial charge in [-0.05, 0) is 30.4 Å². The third kappa shape index (κ3) is 4.36. The molecule has 1 aliphatic heterocycles. The quantitative estimate of drug-likeness (QED) is 0.535. The molecule has 0 spiro atoms. The van der Waals surface area contributed by atoms with Crippen LogP contribution in [-0.2, 0) is 11.0 Å². The van der Waals surface area contributed by atoms with Crippen LogP contribution in [0.4, 0.5) is 13.2 Å². The number of nitrogens with zero attached hydrogens (tertiary/aromatic N) is 3. The zero-order valence-electron chi connectivity index (χ0n) is 14.5. The van der Waals surface area contributed by atoms with Gasteiger partial charge in [-0.1, -0.05) is 17.8 Å². The topological polar surface area (TPSA) is 74.1 Å². The second-order valence-corrected chi connectivity index (χ2v) is 7.94. The predicted molar refractivity (Wildman–Crippen MR) is 98.2 cm³/mol. The lowest BCUT2D eigenvalue weighted by atomic mass is 10.1. The van der Waals surface area contributed by atoms with Gasteiger partial charge in [0.25, 0.3) is 0 Å². The summed E-state index contributed by atoms with van der Waals surface area (Å²) >= 11 is 1.79. The number of rotatable bonds is 5. The average Bonchev–Trinajstić information content (AvgIpc) is 3.37. The van der Waals surface area contributed by atoms with Crippen LogP contribution < -0.4 is 0 Å². The van der Waals surface area contributed by atoms with E-state index in [2.05, 4.69) is 4.98 Å². The van der Waals surface area contributed by atoms with Gasteiger partial charge in [0.05, 0.1) is 21.8 Å². The molecule has 0 radical (unpaired) electrons. The average molecular weight is 425 g/mol. The highest BCUT2D eigenvalue weighted by molar-refractivity contribution is 8.00. The Balaban J connectivity index is 1.94. The first-order valence-corrected chi connectivity index (χ1v) is 10.2. The molecular weight excluding hydrogens is 411 g/mol. The van der Waals surface area contributed by atoms with E-state index in [9.17, 15) is 28.0 Å². The van der Waals surface area contributed by atoms with Gasteiger partial charge in [0.15, 0.2) is 5.69 Å². The monoisotopic (exact) mass is 425 g/mol. The molecule has 1 saturated heterocycles. The lowest BCUT2D eigenvalue weighted by Crippen LogP contribution is -2.29. The molecule has 5 nitrogen and oxygen atoms in total. The number of pyridine rings is 1. The number of carbonyl (C=O) groups excluding carboxylic acids is 2. The summed E-state index contributed by atoms with van der Waals surface area (Å²) in [5.74, 6) is -1.16. The SMILES string of the molecule is N#Cc1cc(C(=O)c2cccs2)c(C(F)(F)F)nc1SCC(=O)N1CCCC1. The van der Waals surface area contributed by atoms with Crippen molar-refractivity contribution in [2.45, 2.75) is 24.0 Å². The van der Waals surface area contributed by atoms with Crippen molar-refractivity contribution in [3.8, 4) is 6.07 Å². The van der Waals surface area contributed by atoms with Crippen LogP contribution in [0.2, 0.25) is 0 Å². The van der Waals surface area contributed by atoms with E-state index >= 15 is 0 Å². The molecule has 3 heterocycles. The van der Waals surface area contributed by atoms with Crippen LogP contribution in [0, 0.1) is 11.3 Å². The largest absolute Gasteiger partial charge is 0.434 e. The van der Waals surface area contributed by atoms with Crippen molar-refractivity contribution in [2.75, 3.05) is 18.8 Å². The van der Waals surface area contributed by atoms with Crippen molar-refractivity contribution in [3.05, 3.63) is 45.3 Å². The van der Waals surface area contributed by atoms with E-state index in [1.54, 1.807) is 22.4 Å². The fourth-order valence-corrected chi connectivity index (χ4v) is 4.34. The third-order valence-corrected chi connectivity index (χ3v) is 6.00. The Hall–Kier alpha value is -2.38. The fraction of sp³-hybridized carbons (Fsp3) is 0.333. The van der Waals surface area contributed by atoms with Crippen LogP contribution in [-0.4, -0.2) is 40.4 Å². The van der Waals surface area contributed by atoms with Crippen LogP contribution in [0.3, 0.4) is 0 Å². The first-order valence-electron chi connectivity index (χ1n) is 8.32. The van der Waals surface area contributed by atoms with Crippen molar-refractivity contribution < 1.29 is 22.8 Å². The van der Waals surface area contributed by atoms with Crippen LogP contribution in [0.5, 0.6) is 0 Å². The number of alkyl halides is 3. The molecule has 2 aromatic heterocycles. The lowest BCUT2D eigenvalue weighted by Gasteiger charge is -2.16. The maximum absolute atomic E-state index is 13.5. The summed E-state index contributed by atoms with van der Waals surface area (Å²) in [5, 5.41) is 10.7. The first kappa shape index (κ1) is 20.4. The number of hydrogen-bond donors (Lipinski definition) is 0. The van der Waals surface area contributed by atoms with Gasteiger partial charge in [-0.3, -0.25) is 9.59 Å². The summed E-state index contributed by atoms with van der Waals surface area (Å²) < 4.78 is 40.6. The molecule has 28 heavy (non-hydrogen) atoms. The molecule has 0 aliphatic carbocycles. The lowest BCUT2D eigenvalue weighted by molar-refractivity contribution is -0.141. The van der Waals surface area contributed by atoms with Crippen molar-refractivity contribution in [1.29, 1.82) is 5.26 Å². The minimum Gasteiger partial charge on any atom is -0.342 e. The van der Waals surface area contributed by atoms with Crippen LogP contribution in [0.1, 0.15) is 39.3 Å². The van der Waals surface area contributed by atoms with E-state index in [0.717, 1.165) is 42.0 Å². The summed E-state index contributed by atoms with van der Waals surface area (Å²) in [6, 6.07) is 5.67. The zero-order chi connectivity index (χ0) is 20.3. The minimum atomic E-state index is -4.87. The maximum atomic E-state index is 13.5. The Morgan fingerprint density at radius 3 is 2.61 bits per heavy atom. The van der Waals surface area contributed by atoms with Crippen molar-refractivity contribution in [2.24, 2.45) is 0 Å². The molecule has 0 N–H and O–H groups in total. The number of halogens is 3. The maximum Gasteiger partial charge on any atom is 0.434 e. The van der Waals surface area contributed by atoms with Gasteiger partial charge >= 0.3 is 6.18 Å². The van der Waals surface area contributed by atoms with E-state index in [1.165, 1.54) is 6.07 Å². The van der Waals surface area contributed by atoms with Gasteiger partial charge < -0.3 is 4.90 Å². The van der Waals surface area contributed by atoms with Crippen molar-refractivity contribution in [1.82, 2.24) is 9.88 Å². The molecule has 0 aromatic carbocycles. The number of ketones is 1. The van der Waals surface area contributed by atoms with Crippen LogP contribution in [0.15, 0.2) is 28.6 Å². The number of thiophene rings is 1. The molecule has 0 atom stereocenters. The van der Waals surface area contributed by atoms with Crippen molar-refractivity contribution >= 4 is 34.8 Å². The number of amides is 1. The highest BCUT2D eigenvalue weighted by atomic mass is 32.2. The van der Waals surface area contributed by atoms with Gasteiger partial charge in [-0.25, -0.2) is 4.98 Å². The number of likely N-dealkylation sites (tertiary alicyclic amines) is 1. The van der Waals surface area contributed by atoms with Gasteiger partial charge in [0, 0.05) is 13.1 Å². The molecule has 1 aliphatic rings. The molecule has 10 heteroatoms. The molecule has 1 fully saturated rings. The number of aromatic nitrogens is 1. The molecule has 0 saturated carbocycles. The summed E-state index contributed by atoms with van der Waals surface area (Å²) in [6.45, 7) is 1.25. The second kappa shape index (κ2) is 8.32. The Morgan fingerprint density at radius 2 is 2.04 bits per heavy atom. The zero-order valence-corrected chi connectivity index (χ0v) is 16.1. The molecule has 0 unspecified atom stereocenters. The number of nitriles is 1. The van der Waals surface area contributed by atoms with Crippen LogP contribution in [0.25, 0.3) is 0 Å². The highest BCUT2D eigenvalue weighted by Crippen LogP contribution is 2.35. The molecule has 2 aromatic rings. The normalized spacial score (nSPS) is 14.1. The molecule has 3 rings (SSSR count). The summed E-state index contributed by atoms with van der Waals surface area (Å²) in [5.41, 5.74) is -2.17. The molecule has 146 valence electrons. The molecular formula is C18H14F3N3O2S2. The van der Waals surface area contributed by atoms with E-state index < -0.39 is 23.2 Å². The summed E-state index contributed by atoms with van der Waals surface area (Å²) in [6.07, 6.45) is -3.07. The number of thioether (sulfide) groups is 1. The smallest absolute Gasteiger partial charge is 0.342 e.